The quantitative estimate of drug-likeness (QED) is 0.741. The minimum Gasteiger partial charge on any atom is -0.464 e. The van der Waals surface area contributed by atoms with Gasteiger partial charge in [-0.3, -0.25) is 19.8 Å². The molecule has 0 bridgehead atoms. The van der Waals surface area contributed by atoms with Crippen LogP contribution in [0.4, 0.5) is 4.79 Å². The van der Waals surface area contributed by atoms with E-state index in [1.807, 2.05) is 0 Å². The second-order valence-corrected chi connectivity index (χ2v) is 3.52. The van der Waals surface area contributed by atoms with Crippen molar-refractivity contribution in [2.75, 3.05) is 0 Å². The fourth-order valence-corrected chi connectivity index (χ4v) is 1.46. The van der Waals surface area contributed by atoms with Crippen LogP contribution in [0, 0.1) is 6.92 Å². The Morgan fingerprint density at radius 1 is 1.38 bits per heavy atom. The first-order valence-electron chi connectivity index (χ1n) is 4.76. The Labute approximate surface area is 91.2 Å². The number of carbonyl (C=O) groups is 3. The van der Waals surface area contributed by atoms with Gasteiger partial charge in [0, 0.05) is 0 Å². The van der Waals surface area contributed by atoms with E-state index in [0.29, 0.717) is 11.5 Å². The normalized spacial score (nSPS) is 16.6. The number of nitrogens with zero attached hydrogens (tertiary/aromatic N) is 1. The number of amides is 4. The van der Waals surface area contributed by atoms with E-state index in [-0.39, 0.29) is 13.0 Å². The molecular formula is C10H10N2O4. The summed E-state index contributed by atoms with van der Waals surface area (Å²) in [5, 5.41) is 2.07. The molecule has 1 aromatic rings. The zero-order valence-corrected chi connectivity index (χ0v) is 8.65. The summed E-state index contributed by atoms with van der Waals surface area (Å²) in [7, 11) is 0. The van der Waals surface area contributed by atoms with Crippen LogP contribution in [0.15, 0.2) is 16.5 Å². The average molecular weight is 222 g/mol. The molecule has 1 aliphatic rings. The maximum Gasteiger partial charge on any atom is 0.331 e. The van der Waals surface area contributed by atoms with Crippen LogP contribution in [0.5, 0.6) is 0 Å². The lowest BCUT2D eigenvalue weighted by molar-refractivity contribution is -0.136. The van der Waals surface area contributed by atoms with Gasteiger partial charge in [-0.25, -0.2) is 4.79 Å². The average Bonchev–Trinajstić information content (AvgIpc) is 2.58. The van der Waals surface area contributed by atoms with Crippen LogP contribution >= 0.6 is 0 Å². The van der Waals surface area contributed by atoms with E-state index in [1.165, 1.54) is 0 Å². The van der Waals surface area contributed by atoms with Crippen molar-refractivity contribution in [3.05, 3.63) is 23.7 Å². The fourth-order valence-electron chi connectivity index (χ4n) is 1.46. The van der Waals surface area contributed by atoms with Gasteiger partial charge in [-0.1, -0.05) is 0 Å². The molecule has 1 N–H and O–H groups in total. The number of aryl methyl sites for hydroxylation is 1. The van der Waals surface area contributed by atoms with Gasteiger partial charge in [0.05, 0.1) is 6.54 Å². The Morgan fingerprint density at radius 2 is 2.12 bits per heavy atom. The van der Waals surface area contributed by atoms with Gasteiger partial charge in [-0.15, -0.1) is 0 Å². The number of barbiturate groups is 1. The summed E-state index contributed by atoms with van der Waals surface area (Å²) < 4.78 is 5.25. The summed E-state index contributed by atoms with van der Waals surface area (Å²) in [6, 6.07) is 2.73. The first-order valence-corrected chi connectivity index (χ1v) is 4.76. The highest BCUT2D eigenvalue weighted by Crippen LogP contribution is 2.12. The van der Waals surface area contributed by atoms with Crippen molar-refractivity contribution in [2.45, 2.75) is 19.9 Å². The first-order chi connectivity index (χ1) is 7.56. The molecule has 1 aliphatic heterocycles. The summed E-state index contributed by atoms with van der Waals surface area (Å²) in [4.78, 5) is 34.6. The molecule has 6 heteroatoms. The molecule has 0 saturated carbocycles. The molecular weight excluding hydrogens is 212 g/mol. The van der Waals surface area contributed by atoms with E-state index in [4.69, 9.17) is 4.42 Å². The Morgan fingerprint density at radius 3 is 2.69 bits per heavy atom. The number of imide groups is 2. The highest BCUT2D eigenvalue weighted by molar-refractivity contribution is 6.13. The summed E-state index contributed by atoms with van der Waals surface area (Å²) in [6.45, 7) is 1.82. The molecule has 4 amide bonds. The largest absolute Gasteiger partial charge is 0.464 e. The molecule has 1 aromatic heterocycles. The third-order valence-corrected chi connectivity index (χ3v) is 2.21. The number of furan rings is 1. The lowest BCUT2D eigenvalue weighted by atomic mass is 10.3. The predicted molar refractivity (Wildman–Crippen MR) is 52.2 cm³/mol. The second-order valence-electron chi connectivity index (χ2n) is 3.52. The van der Waals surface area contributed by atoms with E-state index in [2.05, 4.69) is 5.32 Å². The van der Waals surface area contributed by atoms with Gasteiger partial charge in [0.15, 0.2) is 0 Å². The van der Waals surface area contributed by atoms with Crippen molar-refractivity contribution >= 4 is 17.8 Å². The van der Waals surface area contributed by atoms with Gasteiger partial charge in [0.25, 0.3) is 0 Å². The molecule has 2 heterocycles. The van der Waals surface area contributed by atoms with Gasteiger partial charge in [-0.2, -0.15) is 0 Å². The predicted octanol–water partition coefficient (Wildman–Crippen LogP) is 0.557. The van der Waals surface area contributed by atoms with Crippen molar-refractivity contribution < 1.29 is 18.8 Å². The van der Waals surface area contributed by atoms with Crippen LogP contribution in [-0.4, -0.2) is 22.7 Å². The number of hydrogen-bond donors (Lipinski definition) is 1. The van der Waals surface area contributed by atoms with Gasteiger partial charge >= 0.3 is 6.03 Å². The first kappa shape index (κ1) is 10.4. The van der Waals surface area contributed by atoms with E-state index in [0.717, 1.165) is 4.90 Å². The number of carbonyl (C=O) groups excluding carboxylic acids is 3. The van der Waals surface area contributed by atoms with Crippen LogP contribution in [-0.2, 0) is 16.1 Å². The molecule has 0 spiro atoms. The molecule has 6 nitrogen and oxygen atoms in total. The monoisotopic (exact) mass is 222 g/mol. The van der Waals surface area contributed by atoms with Crippen molar-refractivity contribution in [3.8, 4) is 0 Å². The van der Waals surface area contributed by atoms with Crippen molar-refractivity contribution in [2.24, 2.45) is 0 Å². The Bertz CT molecular complexity index is 443. The third-order valence-electron chi connectivity index (χ3n) is 2.21. The second kappa shape index (κ2) is 3.80. The summed E-state index contributed by atoms with van der Waals surface area (Å²) in [5.74, 6) is 0.135. The number of rotatable bonds is 2. The van der Waals surface area contributed by atoms with Gasteiger partial charge in [0.2, 0.25) is 11.8 Å². The van der Waals surface area contributed by atoms with Crippen molar-refractivity contribution in [1.82, 2.24) is 10.2 Å². The summed E-state index contributed by atoms with van der Waals surface area (Å²) >= 11 is 0. The molecule has 16 heavy (non-hydrogen) atoms. The fraction of sp³-hybridized carbons (Fsp3) is 0.300. The van der Waals surface area contributed by atoms with Crippen LogP contribution in [0.1, 0.15) is 17.9 Å². The molecule has 0 aromatic carbocycles. The SMILES string of the molecule is Cc1ccc(CN2C(=O)CC(=O)NC2=O)o1. The zero-order chi connectivity index (χ0) is 11.7. The van der Waals surface area contributed by atoms with Crippen LogP contribution < -0.4 is 5.32 Å². The Balaban J connectivity index is 2.12. The smallest absolute Gasteiger partial charge is 0.331 e. The minimum atomic E-state index is -0.699. The topological polar surface area (TPSA) is 79.6 Å². The van der Waals surface area contributed by atoms with Crippen LogP contribution in [0.25, 0.3) is 0 Å². The number of urea groups is 1. The highest BCUT2D eigenvalue weighted by Gasteiger charge is 2.31. The van der Waals surface area contributed by atoms with Gasteiger partial charge in [0.1, 0.15) is 17.9 Å². The van der Waals surface area contributed by atoms with E-state index < -0.39 is 17.8 Å². The van der Waals surface area contributed by atoms with E-state index in [9.17, 15) is 14.4 Å². The van der Waals surface area contributed by atoms with Crippen molar-refractivity contribution in [1.29, 1.82) is 0 Å². The third kappa shape index (κ3) is 1.95. The van der Waals surface area contributed by atoms with E-state index >= 15 is 0 Å². The Kier molecular flexibility index (Phi) is 2.47. The zero-order valence-electron chi connectivity index (χ0n) is 8.65. The molecule has 84 valence electrons. The summed E-state index contributed by atoms with van der Waals surface area (Å²) in [6.07, 6.45) is -0.300. The van der Waals surface area contributed by atoms with Gasteiger partial charge in [-0.05, 0) is 19.1 Å². The van der Waals surface area contributed by atoms with Crippen molar-refractivity contribution in [3.63, 3.8) is 0 Å². The molecule has 0 unspecified atom stereocenters. The van der Waals surface area contributed by atoms with E-state index in [1.54, 1.807) is 19.1 Å². The van der Waals surface area contributed by atoms with Crippen LogP contribution in [0.2, 0.25) is 0 Å². The maximum atomic E-state index is 11.4. The number of hydrogen-bond acceptors (Lipinski definition) is 4. The molecule has 0 aliphatic carbocycles. The minimum absolute atomic E-state index is 0.0474. The molecule has 2 rings (SSSR count). The number of nitrogens with one attached hydrogen (secondary N) is 1. The van der Waals surface area contributed by atoms with Gasteiger partial charge < -0.3 is 4.42 Å². The van der Waals surface area contributed by atoms with Crippen LogP contribution in [0.3, 0.4) is 0 Å². The molecule has 1 saturated heterocycles. The lowest BCUT2D eigenvalue weighted by Crippen LogP contribution is -2.52. The maximum absolute atomic E-state index is 11.4. The summed E-state index contributed by atoms with van der Waals surface area (Å²) in [5.41, 5.74) is 0. The Hall–Kier alpha value is -2.11. The standard InChI is InChI=1S/C10H10N2O4/c1-6-2-3-7(16-6)5-12-9(14)4-8(13)11-10(12)15/h2-3H,4-5H2,1H3,(H,11,13,15). The molecule has 0 radical (unpaired) electrons. The highest BCUT2D eigenvalue weighted by atomic mass is 16.3. The molecule has 1 fully saturated rings. The lowest BCUT2D eigenvalue weighted by Gasteiger charge is -2.23. The molecule has 0 atom stereocenters.